The lowest BCUT2D eigenvalue weighted by Crippen LogP contribution is -2.39. The third-order valence-electron chi connectivity index (χ3n) is 3.22. The van der Waals surface area contributed by atoms with E-state index >= 15 is 0 Å². The van der Waals surface area contributed by atoms with E-state index < -0.39 is 44.3 Å². The number of hydrogen-bond donors (Lipinski definition) is 0. The van der Waals surface area contributed by atoms with Crippen LogP contribution < -0.4 is 0 Å². The van der Waals surface area contributed by atoms with Crippen LogP contribution in [0.2, 0.25) is 0 Å². The highest BCUT2D eigenvalue weighted by molar-refractivity contribution is 7.89. The van der Waals surface area contributed by atoms with Gasteiger partial charge in [-0.2, -0.15) is 17.5 Å². The van der Waals surface area contributed by atoms with Crippen molar-refractivity contribution in [2.75, 3.05) is 7.05 Å². The fourth-order valence-electron chi connectivity index (χ4n) is 2.09. The average molecular weight is 366 g/mol. The van der Waals surface area contributed by atoms with Crippen LogP contribution in [-0.4, -0.2) is 30.9 Å². The van der Waals surface area contributed by atoms with Gasteiger partial charge < -0.3 is 0 Å². The van der Waals surface area contributed by atoms with Crippen molar-refractivity contribution in [1.29, 1.82) is 0 Å². The van der Waals surface area contributed by atoms with E-state index in [0.717, 1.165) is 36.7 Å². The van der Waals surface area contributed by atoms with Crippen molar-refractivity contribution in [2.24, 2.45) is 0 Å². The molecule has 0 fully saturated rings. The van der Waals surface area contributed by atoms with Crippen LogP contribution >= 0.6 is 0 Å². The molecule has 0 unspecified atom stereocenters. The van der Waals surface area contributed by atoms with Crippen LogP contribution in [0.15, 0.2) is 47.6 Å². The SMILES string of the molecule is CN([C@H](c1ccc(F)cc1)C(F)(F)F)S(=O)(=O)c1cncc(F)c1. The van der Waals surface area contributed by atoms with Crippen LogP contribution in [0.3, 0.4) is 0 Å². The van der Waals surface area contributed by atoms with Gasteiger partial charge in [0.25, 0.3) is 0 Å². The molecule has 1 aromatic carbocycles. The van der Waals surface area contributed by atoms with Crippen LogP contribution in [0.25, 0.3) is 0 Å². The molecule has 0 N–H and O–H groups in total. The van der Waals surface area contributed by atoms with Crippen LogP contribution in [0, 0.1) is 11.6 Å². The highest BCUT2D eigenvalue weighted by atomic mass is 32.2. The minimum Gasteiger partial charge on any atom is -0.260 e. The highest BCUT2D eigenvalue weighted by Crippen LogP contribution is 2.39. The van der Waals surface area contributed by atoms with Crippen molar-refractivity contribution >= 4 is 10.0 Å². The second kappa shape index (κ2) is 6.44. The van der Waals surface area contributed by atoms with Gasteiger partial charge in [-0.05, 0) is 23.8 Å². The molecule has 0 amide bonds. The van der Waals surface area contributed by atoms with Crippen molar-refractivity contribution in [1.82, 2.24) is 9.29 Å². The van der Waals surface area contributed by atoms with E-state index in [1.165, 1.54) is 0 Å². The Kier molecular flexibility index (Phi) is 4.90. The van der Waals surface area contributed by atoms with Gasteiger partial charge in [-0.15, -0.1) is 0 Å². The maximum absolute atomic E-state index is 13.4. The summed E-state index contributed by atoms with van der Waals surface area (Å²) in [4.78, 5) is 2.61. The van der Waals surface area contributed by atoms with Crippen molar-refractivity contribution in [3.8, 4) is 0 Å². The van der Waals surface area contributed by atoms with Gasteiger partial charge in [0.2, 0.25) is 10.0 Å². The molecule has 24 heavy (non-hydrogen) atoms. The molecule has 0 spiro atoms. The Hall–Kier alpha value is -2.07. The molecule has 0 saturated carbocycles. The number of alkyl halides is 3. The third kappa shape index (κ3) is 3.70. The second-order valence-electron chi connectivity index (χ2n) is 4.86. The molecule has 2 rings (SSSR count). The summed E-state index contributed by atoms with van der Waals surface area (Å²) in [6.45, 7) is 0. The Morgan fingerprint density at radius 3 is 2.12 bits per heavy atom. The van der Waals surface area contributed by atoms with Gasteiger partial charge in [-0.3, -0.25) is 4.98 Å². The van der Waals surface area contributed by atoms with E-state index in [9.17, 15) is 30.4 Å². The number of rotatable bonds is 4. The van der Waals surface area contributed by atoms with Crippen LogP contribution in [0.4, 0.5) is 22.0 Å². The lowest BCUT2D eigenvalue weighted by molar-refractivity contribution is -0.171. The lowest BCUT2D eigenvalue weighted by Gasteiger charge is -2.29. The maximum atomic E-state index is 13.4. The van der Waals surface area contributed by atoms with E-state index in [1.54, 1.807) is 0 Å². The number of benzene rings is 1. The number of sulfonamides is 1. The first-order valence-corrected chi connectivity index (χ1v) is 7.88. The van der Waals surface area contributed by atoms with Gasteiger partial charge in [-0.25, -0.2) is 17.2 Å². The molecule has 4 nitrogen and oxygen atoms in total. The largest absolute Gasteiger partial charge is 0.409 e. The summed E-state index contributed by atoms with van der Waals surface area (Å²) in [5.41, 5.74) is -0.473. The lowest BCUT2D eigenvalue weighted by atomic mass is 10.1. The fourth-order valence-corrected chi connectivity index (χ4v) is 3.40. The standard InChI is InChI=1S/C14H11F5N2O2S/c1-21(24(22,23)12-6-11(16)7-20-8-12)13(14(17,18)19)9-2-4-10(15)5-3-9/h2-8,13H,1H3/t13-/m1/s1. The minimum atomic E-state index is -4.97. The van der Waals surface area contributed by atoms with Gasteiger partial charge >= 0.3 is 6.18 Å². The van der Waals surface area contributed by atoms with Crippen LogP contribution in [0.5, 0.6) is 0 Å². The zero-order valence-corrected chi connectivity index (χ0v) is 12.9. The van der Waals surface area contributed by atoms with Crippen LogP contribution in [-0.2, 0) is 10.0 Å². The Labute approximate surface area is 134 Å². The first kappa shape index (κ1) is 18.3. The highest BCUT2D eigenvalue weighted by Gasteiger charge is 2.47. The third-order valence-corrected chi connectivity index (χ3v) is 5.00. The summed E-state index contributed by atoms with van der Waals surface area (Å²) in [5, 5.41) is 0. The molecule has 1 heterocycles. The fraction of sp³-hybridized carbons (Fsp3) is 0.214. The van der Waals surface area contributed by atoms with Crippen LogP contribution in [0.1, 0.15) is 11.6 Å². The predicted octanol–water partition coefficient (Wildman–Crippen LogP) is 3.28. The number of aromatic nitrogens is 1. The average Bonchev–Trinajstić information content (AvgIpc) is 2.48. The smallest absolute Gasteiger partial charge is 0.260 e. The van der Waals surface area contributed by atoms with E-state index in [1.807, 2.05) is 0 Å². The molecule has 1 aromatic heterocycles. The van der Waals surface area contributed by atoms with Gasteiger partial charge in [0.1, 0.15) is 22.6 Å². The normalized spacial score (nSPS) is 14.0. The molecule has 10 heteroatoms. The topological polar surface area (TPSA) is 50.3 Å². The predicted molar refractivity (Wildman–Crippen MR) is 74.3 cm³/mol. The number of hydrogen-bond acceptors (Lipinski definition) is 3. The zero-order chi connectivity index (χ0) is 18.1. The van der Waals surface area contributed by atoms with E-state index in [-0.39, 0.29) is 4.31 Å². The molecular weight excluding hydrogens is 355 g/mol. The Morgan fingerprint density at radius 1 is 1.04 bits per heavy atom. The van der Waals surface area contributed by atoms with Gasteiger partial charge in [0.15, 0.2) is 0 Å². The molecule has 0 aliphatic carbocycles. The van der Waals surface area contributed by atoms with Gasteiger partial charge in [-0.1, -0.05) is 12.1 Å². The van der Waals surface area contributed by atoms with Crippen molar-refractivity contribution < 1.29 is 30.4 Å². The van der Waals surface area contributed by atoms with Crippen molar-refractivity contribution in [3.63, 3.8) is 0 Å². The zero-order valence-electron chi connectivity index (χ0n) is 12.1. The molecule has 0 aliphatic rings. The number of halogens is 5. The number of nitrogens with zero attached hydrogens (tertiary/aromatic N) is 2. The first-order chi connectivity index (χ1) is 11.0. The van der Waals surface area contributed by atoms with E-state index in [2.05, 4.69) is 4.98 Å². The first-order valence-electron chi connectivity index (χ1n) is 6.44. The molecule has 0 saturated heterocycles. The summed E-state index contributed by atoms with van der Waals surface area (Å²) < 4.78 is 91.0. The van der Waals surface area contributed by atoms with E-state index in [0.29, 0.717) is 13.1 Å². The van der Waals surface area contributed by atoms with E-state index in [4.69, 9.17) is 0 Å². The molecule has 0 aliphatic heterocycles. The minimum absolute atomic E-state index is 0.0523. The van der Waals surface area contributed by atoms with Crippen molar-refractivity contribution in [2.45, 2.75) is 17.1 Å². The van der Waals surface area contributed by atoms with Crippen molar-refractivity contribution in [3.05, 3.63) is 59.9 Å². The molecule has 130 valence electrons. The maximum Gasteiger partial charge on any atom is 0.409 e. The Balaban J connectivity index is 2.52. The Morgan fingerprint density at radius 2 is 1.62 bits per heavy atom. The van der Waals surface area contributed by atoms with Gasteiger partial charge in [0.05, 0.1) is 6.20 Å². The summed E-state index contributed by atoms with van der Waals surface area (Å²) >= 11 is 0. The molecule has 2 aromatic rings. The number of pyridine rings is 1. The molecule has 1 atom stereocenters. The quantitative estimate of drug-likeness (QED) is 0.781. The summed E-state index contributed by atoms with van der Waals surface area (Å²) in [6, 6.07) is 1.26. The Bertz CT molecular complexity index is 822. The van der Waals surface area contributed by atoms with Gasteiger partial charge in [0, 0.05) is 13.2 Å². The molecular formula is C14H11F5N2O2S. The second-order valence-corrected chi connectivity index (χ2v) is 6.85. The summed E-state index contributed by atoms with van der Waals surface area (Å²) in [5.74, 6) is -1.77. The molecule has 0 bridgehead atoms. The summed E-state index contributed by atoms with van der Waals surface area (Å²) in [7, 11) is -3.97. The summed E-state index contributed by atoms with van der Waals surface area (Å²) in [6.07, 6.45) is -3.51. The monoisotopic (exact) mass is 366 g/mol. The molecule has 0 radical (unpaired) electrons.